The number of carbonyl (C=O) groups excluding carboxylic acids is 2. The van der Waals surface area contributed by atoms with Gasteiger partial charge in [-0.2, -0.15) is 0 Å². The molecular weight excluding hydrogens is 288 g/mol. The third-order valence-corrected chi connectivity index (χ3v) is 4.10. The van der Waals surface area contributed by atoms with Crippen molar-refractivity contribution >= 4 is 23.4 Å². The summed E-state index contributed by atoms with van der Waals surface area (Å²) in [6.07, 6.45) is 1.35. The van der Waals surface area contributed by atoms with Crippen LogP contribution in [0.3, 0.4) is 0 Å². The summed E-state index contributed by atoms with van der Waals surface area (Å²) in [7, 11) is 0. The van der Waals surface area contributed by atoms with Gasteiger partial charge >= 0.3 is 0 Å². The number of nitrogens with zero attached hydrogens (tertiary/aromatic N) is 2. The normalized spacial score (nSPS) is 15.7. The lowest BCUT2D eigenvalue weighted by Gasteiger charge is -2.22. The zero-order valence-electron chi connectivity index (χ0n) is 12.3. The number of amides is 2. The molecule has 4 nitrogen and oxygen atoms in total. The second-order valence-corrected chi connectivity index (χ2v) is 5.48. The highest BCUT2D eigenvalue weighted by Crippen LogP contribution is 2.12. The summed E-state index contributed by atoms with van der Waals surface area (Å²) >= 11 is 5.76. The molecule has 0 aliphatic carbocycles. The van der Waals surface area contributed by atoms with Gasteiger partial charge in [0.1, 0.15) is 0 Å². The van der Waals surface area contributed by atoms with Crippen LogP contribution in [0.2, 0.25) is 0 Å². The quantitative estimate of drug-likeness (QED) is 0.805. The average Bonchev–Trinajstić information content (AvgIpc) is 2.79. The predicted octanol–water partition coefficient (Wildman–Crippen LogP) is 2.51. The molecule has 1 saturated heterocycles. The van der Waals surface area contributed by atoms with Gasteiger partial charge in [0, 0.05) is 44.0 Å². The Morgan fingerprint density at radius 2 is 1.67 bits per heavy atom. The fourth-order valence-corrected chi connectivity index (χ4v) is 2.69. The number of benzene rings is 1. The van der Waals surface area contributed by atoms with Crippen LogP contribution in [0.25, 0.3) is 0 Å². The minimum Gasteiger partial charge on any atom is -0.341 e. The first-order valence-electron chi connectivity index (χ1n) is 7.37. The molecule has 1 aliphatic heterocycles. The van der Waals surface area contributed by atoms with Gasteiger partial charge in [0.15, 0.2) is 0 Å². The van der Waals surface area contributed by atoms with Crippen LogP contribution in [0.15, 0.2) is 24.3 Å². The summed E-state index contributed by atoms with van der Waals surface area (Å²) in [4.78, 5) is 27.9. The minimum atomic E-state index is 0.0296. The van der Waals surface area contributed by atoms with Crippen LogP contribution in [0.4, 0.5) is 0 Å². The van der Waals surface area contributed by atoms with Crippen LogP contribution in [0.1, 0.15) is 35.7 Å². The van der Waals surface area contributed by atoms with E-state index in [2.05, 4.69) is 0 Å². The lowest BCUT2D eigenvalue weighted by Crippen LogP contribution is -2.37. The summed E-state index contributed by atoms with van der Waals surface area (Å²) in [6.45, 7) is 4.53. The van der Waals surface area contributed by atoms with Gasteiger partial charge < -0.3 is 9.80 Å². The van der Waals surface area contributed by atoms with E-state index in [1.54, 1.807) is 0 Å². The lowest BCUT2D eigenvalue weighted by atomic mass is 10.1. The minimum absolute atomic E-state index is 0.0296. The fourth-order valence-electron chi connectivity index (χ4n) is 2.51. The molecule has 0 saturated carbocycles. The van der Waals surface area contributed by atoms with Crippen molar-refractivity contribution in [1.82, 2.24) is 9.80 Å². The monoisotopic (exact) mass is 308 g/mol. The first-order valence-corrected chi connectivity index (χ1v) is 7.91. The van der Waals surface area contributed by atoms with Gasteiger partial charge in [0.25, 0.3) is 5.91 Å². The molecule has 0 bridgehead atoms. The van der Waals surface area contributed by atoms with E-state index in [0.717, 1.165) is 18.5 Å². The molecular formula is C16H21ClN2O2. The van der Waals surface area contributed by atoms with Crippen molar-refractivity contribution in [1.29, 1.82) is 0 Å². The van der Waals surface area contributed by atoms with Crippen molar-refractivity contribution in [2.24, 2.45) is 0 Å². The van der Waals surface area contributed by atoms with Crippen molar-refractivity contribution in [3.8, 4) is 0 Å². The smallest absolute Gasteiger partial charge is 0.253 e. The molecule has 0 N–H and O–H groups in total. The fraction of sp³-hybridized carbons (Fsp3) is 0.500. The van der Waals surface area contributed by atoms with E-state index in [1.165, 1.54) is 0 Å². The van der Waals surface area contributed by atoms with Crippen molar-refractivity contribution in [3.63, 3.8) is 0 Å². The Bertz CT molecular complexity index is 502. The molecule has 2 rings (SSSR count). The lowest BCUT2D eigenvalue weighted by molar-refractivity contribution is -0.130. The van der Waals surface area contributed by atoms with Crippen molar-refractivity contribution in [3.05, 3.63) is 35.4 Å². The Hall–Kier alpha value is -1.55. The molecule has 1 aliphatic rings. The Labute approximate surface area is 130 Å². The number of hydrogen-bond acceptors (Lipinski definition) is 2. The van der Waals surface area contributed by atoms with Crippen LogP contribution < -0.4 is 0 Å². The number of carbonyl (C=O) groups is 2. The van der Waals surface area contributed by atoms with Gasteiger partial charge in [-0.3, -0.25) is 9.59 Å². The highest BCUT2D eigenvalue weighted by Gasteiger charge is 2.21. The van der Waals surface area contributed by atoms with E-state index in [9.17, 15) is 9.59 Å². The van der Waals surface area contributed by atoms with E-state index >= 15 is 0 Å². The molecule has 21 heavy (non-hydrogen) atoms. The first-order chi connectivity index (χ1) is 10.2. The Morgan fingerprint density at radius 3 is 2.29 bits per heavy atom. The summed E-state index contributed by atoms with van der Waals surface area (Å²) in [6, 6.07) is 7.40. The highest BCUT2D eigenvalue weighted by molar-refractivity contribution is 6.17. The number of rotatable bonds is 3. The standard InChI is InChI=1S/C16H21ClN2O2/c1-2-15(20)18-8-3-9-19(11-10-18)16(21)14-6-4-13(12-17)5-7-14/h4-7H,2-3,8-12H2,1H3. The molecule has 114 valence electrons. The van der Waals surface area contributed by atoms with E-state index in [-0.39, 0.29) is 11.8 Å². The molecule has 1 aromatic carbocycles. The van der Waals surface area contributed by atoms with Gasteiger partial charge in [0.2, 0.25) is 5.91 Å². The van der Waals surface area contributed by atoms with Crippen LogP contribution in [-0.4, -0.2) is 47.8 Å². The van der Waals surface area contributed by atoms with Crippen molar-refractivity contribution in [2.75, 3.05) is 26.2 Å². The third kappa shape index (κ3) is 3.97. The molecule has 1 aromatic rings. The van der Waals surface area contributed by atoms with Gasteiger partial charge in [-0.25, -0.2) is 0 Å². The first kappa shape index (κ1) is 15.8. The molecule has 0 atom stereocenters. The van der Waals surface area contributed by atoms with Crippen LogP contribution in [0.5, 0.6) is 0 Å². The SMILES string of the molecule is CCC(=O)N1CCCN(C(=O)c2ccc(CCl)cc2)CC1. The molecule has 1 fully saturated rings. The predicted molar refractivity (Wildman–Crippen MR) is 83.4 cm³/mol. The molecule has 0 spiro atoms. The summed E-state index contributed by atoms with van der Waals surface area (Å²) in [5.41, 5.74) is 1.68. The largest absolute Gasteiger partial charge is 0.341 e. The van der Waals surface area contributed by atoms with Crippen LogP contribution in [-0.2, 0) is 10.7 Å². The maximum absolute atomic E-state index is 12.5. The van der Waals surface area contributed by atoms with Gasteiger partial charge in [0.05, 0.1) is 0 Å². The van der Waals surface area contributed by atoms with Crippen molar-refractivity contribution < 1.29 is 9.59 Å². The molecule has 0 unspecified atom stereocenters. The Morgan fingerprint density at radius 1 is 1.05 bits per heavy atom. The summed E-state index contributed by atoms with van der Waals surface area (Å²) in [5, 5.41) is 0. The highest BCUT2D eigenvalue weighted by atomic mass is 35.5. The van der Waals surface area contributed by atoms with Crippen LogP contribution in [0, 0.1) is 0 Å². The van der Waals surface area contributed by atoms with E-state index in [0.29, 0.717) is 37.5 Å². The zero-order chi connectivity index (χ0) is 15.2. The van der Waals surface area contributed by atoms with E-state index in [1.807, 2.05) is 41.0 Å². The van der Waals surface area contributed by atoms with Gasteiger partial charge in [-0.1, -0.05) is 19.1 Å². The van der Waals surface area contributed by atoms with Crippen LogP contribution >= 0.6 is 11.6 Å². The van der Waals surface area contributed by atoms with E-state index in [4.69, 9.17) is 11.6 Å². The second-order valence-electron chi connectivity index (χ2n) is 5.21. The maximum Gasteiger partial charge on any atom is 0.253 e. The maximum atomic E-state index is 12.5. The van der Waals surface area contributed by atoms with Crippen molar-refractivity contribution in [2.45, 2.75) is 25.6 Å². The molecule has 0 aromatic heterocycles. The Kier molecular flexibility index (Phi) is 5.62. The van der Waals surface area contributed by atoms with Gasteiger partial charge in [-0.05, 0) is 24.1 Å². The van der Waals surface area contributed by atoms with Gasteiger partial charge in [-0.15, -0.1) is 11.6 Å². The topological polar surface area (TPSA) is 40.6 Å². The molecule has 2 amide bonds. The Balaban J connectivity index is 2.00. The average molecular weight is 309 g/mol. The summed E-state index contributed by atoms with van der Waals surface area (Å²) in [5.74, 6) is 0.643. The zero-order valence-corrected chi connectivity index (χ0v) is 13.1. The molecule has 5 heteroatoms. The number of halogens is 1. The van der Waals surface area contributed by atoms with E-state index < -0.39 is 0 Å². The number of alkyl halides is 1. The third-order valence-electron chi connectivity index (χ3n) is 3.79. The number of hydrogen-bond donors (Lipinski definition) is 0. The second kappa shape index (κ2) is 7.46. The summed E-state index contributed by atoms with van der Waals surface area (Å²) < 4.78 is 0. The molecule has 0 radical (unpaired) electrons. The molecule has 1 heterocycles.